The monoisotopic (exact) mass is 479 g/mol. The molecule has 0 heterocycles. The molecule has 3 N–H and O–H groups in total. The van der Waals surface area contributed by atoms with Gasteiger partial charge in [-0.15, -0.1) is 12.4 Å². The molecule has 0 aliphatic heterocycles. The zero-order chi connectivity index (χ0) is 22.8. The zero-order valence-electron chi connectivity index (χ0n) is 17.5. The molecule has 0 amide bonds. The van der Waals surface area contributed by atoms with Crippen LogP contribution in [0.5, 0.6) is 0 Å². The number of allylic oxidation sites excluding steroid dienone is 2. The molecule has 2 atom stereocenters. The van der Waals surface area contributed by atoms with Gasteiger partial charge in [-0.1, -0.05) is 55.0 Å². The maximum absolute atomic E-state index is 11.2. The highest BCUT2D eigenvalue weighted by Gasteiger charge is 2.54. The van der Waals surface area contributed by atoms with E-state index in [1.54, 1.807) is 44.2 Å². The van der Waals surface area contributed by atoms with Crippen LogP contribution < -0.4 is 11.3 Å². The molecule has 0 spiro atoms. The second-order valence-electron chi connectivity index (χ2n) is 7.38. The van der Waals surface area contributed by atoms with Crippen molar-refractivity contribution in [1.29, 1.82) is 0 Å². The van der Waals surface area contributed by atoms with Crippen molar-refractivity contribution in [3.05, 3.63) is 69.8 Å². The lowest BCUT2D eigenvalue weighted by Gasteiger charge is -2.27. The third-order valence-electron chi connectivity index (χ3n) is 4.10. The van der Waals surface area contributed by atoms with Crippen molar-refractivity contribution in [1.82, 2.24) is 5.43 Å². The molecule has 1 aromatic rings. The van der Waals surface area contributed by atoms with Crippen LogP contribution in [0.4, 0.5) is 0 Å². The Bertz CT molecular complexity index is 761. The van der Waals surface area contributed by atoms with E-state index in [4.69, 9.17) is 29.0 Å². The zero-order valence-corrected chi connectivity index (χ0v) is 19.8. The van der Waals surface area contributed by atoms with Gasteiger partial charge in [-0.25, -0.2) is 0 Å². The second-order valence-corrected chi connectivity index (χ2v) is 8.07. The molecule has 1 aliphatic carbocycles. The number of nitro groups is 1. The molecule has 0 radical (unpaired) electrons. The predicted molar refractivity (Wildman–Crippen MR) is 124 cm³/mol. The Morgan fingerprint density at radius 2 is 1.67 bits per heavy atom. The molecule has 7 nitrogen and oxygen atoms in total. The molecule has 2 unspecified atom stereocenters. The van der Waals surface area contributed by atoms with Crippen molar-refractivity contribution in [3.8, 4) is 0 Å². The summed E-state index contributed by atoms with van der Waals surface area (Å²) in [5.74, 6) is 4.55. The molecule has 0 aromatic heterocycles. The van der Waals surface area contributed by atoms with E-state index in [2.05, 4.69) is 5.43 Å². The number of nitrogens with two attached hydrogens (primary N) is 1. The smallest absolute Gasteiger partial charge is 0.276 e. The van der Waals surface area contributed by atoms with Crippen LogP contribution in [0.1, 0.15) is 45.0 Å². The van der Waals surface area contributed by atoms with Crippen LogP contribution in [0, 0.1) is 16.0 Å². The van der Waals surface area contributed by atoms with Gasteiger partial charge < -0.3 is 0 Å². The summed E-state index contributed by atoms with van der Waals surface area (Å²) < 4.78 is 0. The average Bonchev–Trinajstić information content (AvgIpc) is 2.64. The van der Waals surface area contributed by atoms with Crippen molar-refractivity contribution in [2.75, 3.05) is 0 Å². The van der Waals surface area contributed by atoms with Gasteiger partial charge in [-0.2, -0.15) is 0 Å². The highest BCUT2D eigenvalue weighted by molar-refractivity contribution is 6.67. The lowest BCUT2D eigenvalue weighted by atomic mass is 9.79. The predicted octanol–water partition coefficient (Wildman–Crippen LogP) is 4.66. The first kappa shape index (κ1) is 30.4. The van der Waals surface area contributed by atoms with Crippen LogP contribution in [0.2, 0.25) is 0 Å². The molecule has 168 valence electrons. The van der Waals surface area contributed by atoms with E-state index in [9.17, 15) is 19.7 Å². The number of hydrogen-bond acceptors (Lipinski definition) is 6. The van der Waals surface area contributed by atoms with Gasteiger partial charge in [0.05, 0.1) is 5.92 Å². The Kier molecular flexibility index (Phi) is 13.7. The average molecular weight is 481 g/mol. The Morgan fingerprint density at radius 3 is 1.93 bits per heavy atom. The van der Waals surface area contributed by atoms with Crippen LogP contribution in [0.3, 0.4) is 0 Å². The molecule has 0 bridgehead atoms. The summed E-state index contributed by atoms with van der Waals surface area (Å²) in [6, 6.07) is 8.74. The molecule has 1 aliphatic rings. The minimum absolute atomic E-state index is 0. The van der Waals surface area contributed by atoms with Gasteiger partial charge in [0.1, 0.15) is 0 Å². The van der Waals surface area contributed by atoms with Crippen molar-refractivity contribution in [2.24, 2.45) is 11.8 Å². The normalized spacial score (nSPS) is 19.6. The number of halogens is 3. The number of nitrogens with zero attached hydrogens (tertiary/aromatic N) is 1. The first-order chi connectivity index (χ1) is 13.3. The fourth-order valence-corrected chi connectivity index (χ4v) is 2.50. The highest BCUT2D eigenvalue weighted by atomic mass is 35.5. The third-order valence-corrected chi connectivity index (χ3v) is 4.62. The molecule has 30 heavy (non-hydrogen) atoms. The number of rotatable bonds is 3. The lowest BCUT2D eigenvalue weighted by molar-refractivity contribution is -0.544. The Labute approximate surface area is 193 Å². The fourth-order valence-electron chi connectivity index (χ4n) is 2.08. The van der Waals surface area contributed by atoms with E-state index in [1.165, 1.54) is 12.2 Å². The molecule has 0 saturated carbocycles. The summed E-state index contributed by atoms with van der Waals surface area (Å²) in [6.07, 6.45) is 4.49. The maximum Gasteiger partial charge on any atom is 0.318 e. The Balaban J connectivity index is 0. The number of hydrazine groups is 1. The SMILES string of the molecule is CC(C)(C)NN.CC1=CC=CC(C(=O)Cl)([N+](=O)[O-])C1C.Cl.O=C(Cl)c1ccccc1. The van der Waals surface area contributed by atoms with Crippen LogP contribution in [0.25, 0.3) is 0 Å². The number of benzene rings is 1. The van der Waals surface area contributed by atoms with E-state index in [-0.39, 0.29) is 17.9 Å². The summed E-state index contributed by atoms with van der Waals surface area (Å²) in [7, 11) is 0. The van der Waals surface area contributed by atoms with Gasteiger partial charge in [-0.3, -0.25) is 31.0 Å². The second kappa shape index (κ2) is 13.5. The van der Waals surface area contributed by atoms with Crippen molar-refractivity contribution in [2.45, 2.75) is 45.7 Å². The minimum atomic E-state index is -1.79. The van der Waals surface area contributed by atoms with E-state index >= 15 is 0 Å². The van der Waals surface area contributed by atoms with Gasteiger partial charge in [0, 0.05) is 22.1 Å². The number of carbonyl (C=O) groups excluding carboxylic acids is 2. The molecule has 10 heteroatoms. The van der Waals surface area contributed by atoms with Crippen LogP contribution in [-0.2, 0) is 4.79 Å². The molecule has 0 fully saturated rings. The summed E-state index contributed by atoms with van der Waals surface area (Å²) in [6.45, 7) is 9.39. The molecular formula is C20H28Cl3N3O4. The lowest BCUT2D eigenvalue weighted by Crippen LogP contribution is -2.49. The van der Waals surface area contributed by atoms with Crippen LogP contribution >= 0.6 is 35.6 Å². The third kappa shape index (κ3) is 9.36. The van der Waals surface area contributed by atoms with Crippen molar-refractivity contribution >= 4 is 46.1 Å². The number of carbonyl (C=O) groups is 2. The summed E-state index contributed by atoms with van der Waals surface area (Å²) in [5.41, 5.74) is 2.20. The van der Waals surface area contributed by atoms with E-state index in [0.29, 0.717) is 5.56 Å². The van der Waals surface area contributed by atoms with E-state index in [0.717, 1.165) is 5.57 Å². The first-order valence-electron chi connectivity index (χ1n) is 8.72. The number of hydrogen-bond donors (Lipinski definition) is 2. The minimum Gasteiger partial charge on any atom is -0.276 e. The van der Waals surface area contributed by atoms with Crippen LogP contribution in [0.15, 0.2) is 54.1 Å². The fraction of sp³-hybridized carbons (Fsp3) is 0.400. The molecule has 1 aromatic carbocycles. The van der Waals surface area contributed by atoms with Crippen molar-refractivity contribution < 1.29 is 14.5 Å². The van der Waals surface area contributed by atoms with Gasteiger partial charge in [0.15, 0.2) is 0 Å². The van der Waals surface area contributed by atoms with Crippen LogP contribution in [-0.4, -0.2) is 26.5 Å². The van der Waals surface area contributed by atoms with E-state index < -0.39 is 26.9 Å². The standard InChI is InChI=1S/C9H10ClNO3.C7H5ClO.C4H12N2.ClH/c1-6-4-3-5-9(7(6)2,8(10)12)11(13)14;8-7(9)6-4-2-1-3-5-6;1-4(2,3)6-5;/h3-5,7H,1-2H3;1-5H;6H,5H2,1-3H3;1H. The Morgan fingerprint density at radius 1 is 1.20 bits per heavy atom. The van der Waals surface area contributed by atoms with E-state index in [1.807, 2.05) is 26.8 Å². The summed E-state index contributed by atoms with van der Waals surface area (Å²) in [4.78, 5) is 31.8. The molecular weight excluding hydrogens is 453 g/mol. The van der Waals surface area contributed by atoms with Crippen molar-refractivity contribution in [3.63, 3.8) is 0 Å². The van der Waals surface area contributed by atoms with Gasteiger partial charge in [0.25, 0.3) is 5.24 Å². The topological polar surface area (TPSA) is 115 Å². The summed E-state index contributed by atoms with van der Waals surface area (Å²) >= 11 is 10.5. The maximum atomic E-state index is 11.2. The highest BCUT2D eigenvalue weighted by Crippen LogP contribution is 2.34. The van der Waals surface area contributed by atoms with Gasteiger partial charge in [-0.05, 0) is 50.9 Å². The van der Waals surface area contributed by atoms with Gasteiger partial charge in [0.2, 0.25) is 0 Å². The number of nitrogens with one attached hydrogen (secondary N) is 1. The Hall–Kier alpha value is -1.77. The van der Waals surface area contributed by atoms with Gasteiger partial charge >= 0.3 is 10.8 Å². The summed E-state index contributed by atoms with van der Waals surface area (Å²) in [5, 5.41) is 9.54. The quantitative estimate of drug-likeness (QED) is 0.281. The largest absolute Gasteiger partial charge is 0.318 e. The first-order valence-corrected chi connectivity index (χ1v) is 9.48. The molecule has 0 saturated heterocycles. The molecule has 2 rings (SSSR count).